The first-order valence-electron chi connectivity index (χ1n) is 9.66. The van der Waals surface area contributed by atoms with Gasteiger partial charge in [-0.05, 0) is 24.6 Å². The predicted octanol–water partition coefficient (Wildman–Crippen LogP) is 1.32. The van der Waals surface area contributed by atoms with E-state index in [0.717, 1.165) is 30.9 Å². The van der Waals surface area contributed by atoms with Gasteiger partial charge in [0.2, 0.25) is 0 Å². The molecule has 0 radical (unpaired) electrons. The number of likely N-dealkylation sites (N-methyl/N-ethyl adjacent to an activating group) is 1. The fourth-order valence-electron chi connectivity index (χ4n) is 6.36. The van der Waals surface area contributed by atoms with Gasteiger partial charge in [0.25, 0.3) is 0 Å². The molecular weight excluding hydrogens is 344 g/mol. The number of hydrogen-bond acceptors (Lipinski definition) is 6. The Bertz CT molecular complexity index is 824. The second kappa shape index (κ2) is 5.72. The molecule has 6 heteroatoms. The highest BCUT2D eigenvalue weighted by Gasteiger charge is 2.68. The summed E-state index contributed by atoms with van der Waals surface area (Å²) in [5.41, 5.74) is 2.22. The zero-order valence-electron chi connectivity index (χ0n) is 16.0. The van der Waals surface area contributed by atoms with Gasteiger partial charge in [0.1, 0.15) is 18.0 Å². The van der Waals surface area contributed by atoms with Crippen LogP contribution >= 0.6 is 0 Å². The van der Waals surface area contributed by atoms with Crippen molar-refractivity contribution in [3.63, 3.8) is 0 Å². The second-order valence-corrected chi connectivity index (χ2v) is 8.24. The van der Waals surface area contributed by atoms with Crippen LogP contribution in [0.25, 0.3) is 0 Å². The lowest BCUT2D eigenvalue weighted by molar-refractivity contribution is -0.166. The number of rotatable bonds is 2. The SMILES string of the molecule is COc1ccc2c(c1)N(C)C1C(O)C(OC(C)=O)C3C=CCN4CCC21C34. The number of anilines is 1. The molecule has 2 fully saturated rings. The van der Waals surface area contributed by atoms with Crippen molar-refractivity contribution in [2.24, 2.45) is 5.92 Å². The number of carbonyl (C=O) groups excluding carboxylic acids is 1. The quantitative estimate of drug-likeness (QED) is 0.626. The van der Waals surface area contributed by atoms with Gasteiger partial charge in [-0.3, -0.25) is 9.69 Å². The molecule has 3 aliphatic heterocycles. The van der Waals surface area contributed by atoms with Crippen LogP contribution in [0.3, 0.4) is 0 Å². The first-order valence-corrected chi connectivity index (χ1v) is 9.66. The molecule has 1 N–H and O–H groups in total. The summed E-state index contributed by atoms with van der Waals surface area (Å²) < 4.78 is 11.1. The van der Waals surface area contributed by atoms with Crippen LogP contribution in [0.5, 0.6) is 5.75 Å². The Morgan fingerprint density at radius 3 is 2.89 bits per heavy atom. The summed E-state index contributed by atoms with van der Waals surface area (Å²) >= 11 is 0. The number of aliphatic hydroxyl groups excluding tert-OH is 1. The van der Waals surface area contributed by atoms with E-state index in [-0.39, 0.29) is 29.4 Å². The van der Waals surface area contributed by atoms with Gasteiger partial charge >= 0.3 is 5.97 Å². The van der Waals surface area contributed by atoms with Crippen LogP contribution in [-0.2, 0) is 14.9 Å². The lowest BCUT2D eigenvalue weighted by Gasteiger charge is -2.54. The van der Waals surface area contributed by atoms with Crippen LogP contribution in [0, 0.1) is 5.92 Å². The second-order valence-electron chi connectivity index (χ2n) is 8.24. The molecule has 1 spiro atoms. The zero-order valence-corrected chi connectivity index (χ0v) is 16.0. The molecule has 6 unspecified atom stereocenters. The van der Waals surface area contributed by atoms with E-state index in [9.17, 15) is 9.90 Å². The number of nitrogens with zero attached hydrogens (tertiary/aromatic N) is 2. The molecule has 0 aromatic heterocycles. The van der Waals surface area contributed by atoms with Crippen molar-refractivity contribution >= 4 is 11.7 Å². The van der Waals surface area contributed by atoms with Gasteiger partial charge in [0.05, 0.1) is 13.2 Å². The van der Waals surface area contributed by atoms with E-state index >= 15 is 0 Å². The zero-order chi connectivity index (χ0) is 18.9. The lowest BCUT2D eigenvalue weighted by Crippen LogP contribution is -2.69. The molecule has 0 bridgehead atoms. The van der Waals surface area contributed by atoms with Gasteiger partial charge in [-0.15, -0.1) is 0 Å². The summed E-state index contributed by atoms with van der Waals surface area (Å²) in [5.74, 6) is 0.476. The van der Waals surface area contributed by atoms with Crippen LogP contribution in [0.4, 0.5) is 5.69 Å². The molecule has 5 rings (SSSR count). The molecule has 4 aliphatic rings. The average Bonchev–Trinajstić information content (AvgIpc) is 3.16. The topological polar surface area (TPSA) is 62.2 Å². The number of ether oxygens (including phenoxy) is 2. The Kier molecular flexibility index (Phi) is 3.62. The largest absolute Gasteiger partial charge is 0.497 e. The van der Waals surface area contributed by atoms with E-state index in [2.05, 4.69) is 34.1 Å². The van der Waals surface area contributed by atoms with Crippen LogP contribution in [0.1, 0.15) is 18.9 Å². The van der Waals surface area contributed by atoms with Gasteiger partial charge < -0.3 is 19.5 Å². The summed E-state index contributed by atoms with van der Waals surface area (Å²) in [5, 5.41) is 11.4. The van der Waals surface area contributed by atoms with Crippen molar-refractivity contribution in [2.75, 3.05) is 32.1 Å². The van der Waals surface area contributed by atoms with Crippen molar-refractivity contribution in [2.45, 2.75) is 43.1 Å². The van der Waals surface area contributed by atoms with E-state index in [1.807, 2.05) is 13.1 Å². The Hall–Kier alpha value is -2.05. The molecule has 6 nitrogen and oxygen atoms in total. The van der Waals surface area contributed by atoms with Crippen LogP contribution in [0.15, 0.2) is 30.4 Å². The van der Waals surface area contributed by atoms with E-state index in [4.69, 9.17) is 9.47 Å². The minimum absolute atomic E-state index is 0.00199. The number of benzene rings is 1. The highest BCUT2D eigenvalue weighted by molar-refractivity contribution is 5.70. The first-order chi connectivity index (χ1) is 13.0. The third-order valence-corrected chi connectivity index (χ3v) is 7.17. The molecule has 3 heterocycles. The number of fused-ring (bicyclic) bond motifs is 1. The highest BCUT2D eigenvalue weighted by Crippen LogP contribution is 2.60. The molecular formula is C21H26N2O4. The Balaban J connectivity index is 1.70. The maximum absolute atomic E-state index is 11.8. The number of aliphatic hydroxyl groups is 1. The molecule has 1 aliphatic carbocycles. The molecule has 144 valence electrons. The number of carbonyl (C=O) groups is 1. The fraction of sp³-hybridized carbons (Fsp3) is 0.571. The van der Waals surface area contributed by atoms with Crippen molar-refractivity contribution in [1.29, 1.82) is 0 Å². The van der Waals surface area contributed by atoms with Crippen LogP contribution in [-0.4, -0.2) is 67.5 Å². The summed E-state index contributed by atoms with van der Waals surface area (Å²) in [6.07, 6.45) is 4.02. The maximum Gasteiger partial charge on any atom is 0.303 e. The standard InChI is InChI=1S/C21H26N2O4/c1-12(24)27-18-14-5-4-9-23-10-8-21(19(14)23)15-7-6-13(26-3)11-16(15)22(2)20(21)17(18)25/h4-7,11,14,17-20,25H,8-10H2,1-3H3. The smallest absolute Gasteiger partial charge is 0.303 e. The summed E-state index contributed by atoms with van der Waals surface area (Å²) in [6, 6.07) is 6.35. The highest BCUT2D eigenvalue weighted by atomic mass is 16.6. The lowest BCUT2D eigenvalue weighted by atomic mass is 9.58. The monoisotopic (exact) mass is 370 g/mol. The van der Waals surface area contributed by atoms with E-state index < -0.39 is 12.2 Å². The van der Waals surface area contributed by atoms with Gasteiger partial charge in [-0.25, -0.2) is 0 Å². The molecule has 27 heavy (non-hydrogen) atoms. The molecule has 1 aromatic rings. The summed E-state index contributed by atoms with van der Waals surface area (Å²) in [7, 11) is 3.71. The van der Waals surface area contributed by atoms with Gasteiger partial charge in [0, 0.05) is 49.6 Å². The van der Waals surface area contributed by atoms with Crippen LogP contribution < -0.4 is 9.64 Å². The minimum atomic E-state index is -0.749. The number of hydrogen-bond donors (Lipinski definition) is 1. The first kappa shape index (κ1) is 17.1. The molecule has 1 saturated heterocycles. The van der Waals surface area contributed by atoms with Crippen molar-refractivity contribution in [1.82, 2.24) is 4.90 Å². The predicted molar refractivity (Wildman–Crippen MR) is 101 cm³/mol. The normalized spacial score (nSPS) is 39.0. The Morgan fingerprint density at radius 2 is 2.15 bits per heavy atom. The Labute approximate surface area is 159 Å². The van der Waals surface area contributed by atoms with E-state index in [1.54, 1.807) is 7.11 Å². The van der Waals surface area contributed by atoms with Crippen molar-refractivity contribution in [3.05, 3.63) is 35.9 Å². The van der Waals surface area contributed by atoms with Crippen molar-refractivity contribution in [3.8, 4) is 5.75 Å². The third kappa shape index (κ3) is 2.05. The summed E-state index contributed by atoms with van der Waals surface area (Å²) in [4.78, 5) is 16.5. The third-order valence-electron chi connectivity index (χ3n) is 7.17. The van der Waals surface area contributed by atoms with Gasteiger partial charge in [0.15, 0.2) is 0 Å². The summed E-state index contributed by atoms with van der Waals surface area (Å²) in [6.45, 7) is 3.32. The van der Waals surface area contributed by atoms with Crippen molar-refractivity contribution < 1.29 is 19.4 Å². The van der Waals surface area contributed by atoms with Gasteiger partial charge in [-0.2, -0.15) is 0 Å². The average molecular weight is 370 g/mol. The molecule has 1 aromatic carbocycles. The number of esters is 1. The van der Waals surface area contributed by atoms with E-state index in [1.165, 1.54) is 12.5 Å². The Morgan fingerprint density at radius 1 is 1.33 bits per heavy atom. The van der Waals surface area contributed by atoms with Crippen LogP contribution in [0.2, 0.25) is 0 Å². The number of methoxy groups -OCH3 is 1. The maximum atomic E-state index is 11.8. The molecule has 1 saturated carbocycles. The van der Waals surface area contributed by atoms with E-state index in [0.29, 0.717) is 0 Å². The fourth-order valence-corrected chi connectivity index (χ4v) is 6.36. The minimum Gasteiger partial charge on any atom is -0.497 e. The molecule has 0 amide bonds. The van der Waals surface area contributed by atoms with Gasteiger partial charge in [-0.1, -0.05) is 18.2 Å². The molecule has 6 atom stereocenters.